The molecule has 0 bridgehead atoms. The highest BCUT2D eigenvalue weighted by atomic mass is 16.5. The molecule has 1 fully saturated rings. The molecule has 1 aromatic rings. The molecule has 3 N–H and O–H groups in total. The Kier molecular flexibility index (Phi) is 4.24. The van der Waals surface area contributed by atoms with Crippen molar-refractivity contribution in [3.05, 3.63) is 22.9 Å². The first-order valence-electron chi connectivity index (χ1n) is 7.53. The fourth-order valence-electron chi connectivity index (χ4n) is 2.89. The summed E-state index contributed by atoms with van der Waals surface area (Å²) in [6.07, 6.45) is 6.03. The number of aromatic nitrogens is 1. The third-order valence-corrected chi connectivity index (χ3v) is 4.10. The van der Waals surface area contributed by atoms with Crippen molar-refractivity contribution in [3.63, 3.8) is 0 Å². The molecule has 3 rings (SSSR count). The van der Waals surface area contributed by atoms with E-state index in [2.05, 4.69) is 10.1 Å². The molecule has 2 heterocycles. The molecule has 0 radical (unpaired) electrons. The number of aryl methyl sites for hydroxylation is 2. The molecule has 0 amide bonds. The van der Waals surface area contributed by atoms with Crippen LogP contribution in [0.25, 0.3) is 0 Å². The summed E-state index contributed by atoms with van der Waals surface area (Å²) in [6.45, 7) is 1.41. The van der Waals surface area contributed by atoms with E-state index in [1.807, 2.05) is 6.07 Å². The summed E-state index contributed by atoms with van der Waals surface area (Å²) < 4.78 is 11.4. The average molecular weight is 291 g/mol. The van der Waals surface area contributed by atoms with Crippen molar-refractivity contribution in [2.75, 3.05) is 13.2 Å². The largest absolute Gasteiger partial charge is 0.474 e. The monoisotopic (exact) mass is 291 g/mol. The maximum atomic E-state index is 8.98. The number of oxime groups is 1. The number of nitrogens with two attached hydrogens (primary N) is 1. The second-order valence-corrected chi connectivity index (χ2v) is 5.57. The predicted octanol–water partition coefficient (Wildman–Crippen LogP) is 1.61. The summed E-state index contributed by atoms with van der Waals surface area (Å²) in [5.41, 5.74) is 8.64. The summed E-state index contributed by atoms with van der Waals surface area (Å²) in [6, 6.07) is 1.96. The topological polar surface area (TPSA) is 90.0 Å². The van der Waals surface area contributed by atoms with E-state index in [4.69, 9.17) is 20.4 Å². The van der Waals surface area contributed by atoms with E-state index in [-0.39, 0.29) is 11.9 Å². The normalized spacial score (nSPS) is 20.1. The second-order valence-electron chi connectivity index (χ2n) is 5.57. The standard InChI is InChI=1S/C15H21N3O3/c16-14(18-19)12-9-10-3-1-2-4-13(10)17-15(12)21-11-5-7-20-8-6-11/h9,11,19H,1-8H2,(H2,16,18). The van der Waals surface area contributed by atoms with Crippen LogP contribution in [0.3, 0.4) is 0 Å². The van der Waals surface area contributed by atoms with E-state index < -0.39 is 0 Å². The number of nitrogens with zero attached hydrogens (tertiary/aromatic N) is 2. The maximum Gasteiger partial charge on any atom is 0.225 e. The molecule has 0 saturated carbocycles. The molecule has 21 heavy (non-hydrogen) atoms. The van der Waals surface area contributed by atoms with E-state index in [1.165, 1.54) is 5.56 Å². The Morgan fingerprint density at radius 1 is 1.33 bits per heavy atom. The highest BCUT2D eigenvalue weighted by molar-refractivity contribution is 5.99. The number of ether oxygens (including phenoxy) is 2. The van der Waals surface area contributed by atoms with Crippen molar-refractivity contribution >= 4 is 5.84 Å². The molecule has 1 aliphatic carbocycles. The lowest BCUT2D eigenvalue weighted by Gasteiger charge is -2.25. The zero-order chi connectivity index (χ0) is 14.7. The third kappa shape index (κ3) is 3.10. The van der Waals surface area contributed by atoms with Gasteiger partial charge in [-0.2, -0.15) is 0 Å². The molecule has 6 heteroatoms. The van der Waals surface area contributed by atoms with Gasteiger partial charge in [0, 0.05) is 18.5 Å². The fraction of sp³-hybridized carbons (Fsp3) is 0.600. The Morgan fingerprint density at radius 2 is 2.10 bits per heavy atom. The van der Waals surface area contributed by atoms with Crippen molar-refractivity contribution in [2.45, 2.75) is 44.6 Å². The van der Waals surface area contributed by atoms with E-state index in [0.29, 0.717) is 24.7 Å². The van der Waals surface area contributed by atoms with Crippen molar-refractivity contribution in [1.29, 1.82) is 0 Å². The van der Waals surface area contributed by atoms with Crippen LogP contribution in [0.5, 0.6) is 5.88 Å². The lowest BCUT2D eigenvalue weighted by Crippen LogP contribution is -2.28. The smallest absolute Gasteiger partial charge is 0.225 e. The van der Waals surface area contributed by atoms with Gasteiger partial charge in [-0.3, -0.25) is 0 Å². The predicted molar refractivity (Wildman–Crippen MR) is 77.9 cm³/mol. The van der Waals surface area contributed by atoms with Crippen molar-refractivity contribution in [1.82, 2.24) is 4.98 Å². The van der Waals surface area contributed by atoms with Crippen molar-refractivity contribution < 1.29 is 14.7 Å². The molecule has 6 nitrogen and oxygen atoms in total. The lowest BCUT2D eigenvalue weighted by atomic mass is 9.94. The molecule has 2 aliphatic rings. The van der Waals surface area contributed by atoms with Crippen molar-refractivity contribution in [2.24, 2.45) is 10.9 Å². The SMILES string of the molecule is NC(=NO)c1cc2c(nc1OC1CCOCC1)CCCC2. The number of pyridine rings is 1. The van der Waals surface area contributed by atoms with Gasteiger partial charge in [0.2, 0.25) is 5.88 Å². The maximum absolute atomic E-state index is 8.98. The number of hydrogen-bond acceptors (Lipinski definition) is 5. The van der Waals surface area contributed by atoms with Gasteiger partial charge in [0.25, 0.3) is 0 Å². The van der Waals surface area contributed by atoms with Crippen LogP contribution in [0.2, 0.25) is 0 Å². The Labute approximate surface area is 123 Å². The van der Waals surface area contributed by atoms with E-state index in [0.717, 1.165) is 44.2 Å². The minimum absolute atomic E-state index is 0.0536. The Hall–Kier alpha value is -1.82. The molecule has 114 valence electrons. The van der Waals surface area contributed by atoms with Crippen molar-refractivity contribution in [3.8, 4) is 5.88 Å². The first-order chi connectivity index (χ1) is 10.3. The quantitative estimate of drug-likeness (QED) is 0.382. The van der Waals surface area contributed by atoms with Crippen LogP contribution >= 0.6 is 0 Å². The molecule has 1 aromatic heterocycles. The van der Waals surface area contributed by atoms with Crippen LogP contribution in [0.1, 0.15) is 42.5 Å². The summed E-state index contributed by atoms with van der Waals surface area (Å²) in [5.74, 6) is 0.538. The number of rotatable bonds is 3. The zero-order valence-electron chi connectivity index (χ0n) is 12.0. The average Bonchev–Trinajstić information content (AvgIpc) is 2.54. The van der Waals surface area contributed by atoms with Gasteiger partial charge in [0.05, 0.1) is 18.8 Å². The first-order valence-corrected chi connectivity index (χ1v) is 7.53. The summed E-state index contributed by atoms with van der Waals surface area (Å²) in [5, 5.41) is 12.1. The van der Waals surface area contributed by atoms with Gasteiger partial charge >= 0.3 is 0 Å². The molecule has 1 saturated heterocycles. The van der Waals surface area contributed by atoms with E-state index in [9.17, 15) is 0 Å². The molecule has 0 atom stereocenters. The third-order valence-electron chi connectivity index (χ3n) is 4.10. The van der Waals surface area contributed by atoms with Gasteiger partial charge in [-0.15, -0.1) is 0 Å². The molecule has 0 aromatic carbocycles. The molecule has 0 unspecified atom stereocenters. The molecular weight excluding hydrogens is 270 g/mol. The van der Waals surface area contributed by atoms with Crippen LogP contribution in [-0.4, -0.2) is 35.3 Å². The van der Waals surface area contributed by atoms with Gasteiger partial charge in [0.1, 0.15) is 6.10 Å². The Bertz CT molecular complexity index is 539. The Morgan fingerprint density at radius 3 is 2.86 bits per heavy atom. The summed E-state index contributed by atoms with van der Waals surface area (Å²) in [4.78, 5) is 4.64. The highest BCUT2D eigenvalue weighted by Gasteiger charge is 2.22. The second kappa shape index (κ2) is 6.30. The molecule has 1 aliphatic heterocycles. The van der Waals surface area contributed by atoms with Crippen LogP contribution in [0.4, 0.5) is 0 Å². The summed E-state index contributed by atoms with van der Waals surface area (Å²) >= 11 is 0. The molecular formula is C15H21N3O3. The van der Waals surface area contributed by atoms with Crippen LogP contribution < -0.4 is 10.5 Å². The first kappa shape index (κ1) is 14.1. The van der Waals surface area contributed by atoms with Crippen LogP contribution in [-0.2, 0) is 17.6 Å². The van der Waals surface area contributed by atoms with Gasteiger partial charge < -0.3 is 20.4 Å². The van der Waals surface area contributed by atoms with Crippen LogP contribution in [0, 0.1) is 0 Å². The number of fused-ring (bicyclic) bond motifs is 1. The zero-order valence-corrected chi connectivity index (χ0v) is 12.0. The van der Waals surface area contributed by atoms with Gasteiger partial charge in [-0.1, -0.05) is 5.16 Å². The Balaban J connectivity index is 1.92. The summed E-state index contributed by atoms with van der Waals surface area (Å²) in [7, 11) is 0. The minimum Gasteiger partial charge on any atom is -0.474 e. The van der Waals surface area contributed by atoms with E-state index >= 15 is 0 Å². The van der Waals surface area contributed by atoms with E-state index in [1.54, 1.807) is 0 Å². The lowest BCUT2D eigenvalue weighted by molar-refractivity contribution is 0.0235. The highest BCUT2D eigenvalue weighted by Crippen LogP contribution is 2.27. The fourth-order valence-corrected chi connectivity index (χ4v) is 2.89. The number of hydrogen-bond donors (Lipinski definition) is 2. The number of amidine groups is 1. The van der Waals surface area contributed by atoms with Gasteiger partial charge in [-0.05, 0) is 37.3 Å². The minimum atomic E-state index is 0.0536. The molecule has 0 spiro atoms. The van der Waals surface area contributed by atoms with Gasteiger partial charge in [0.15, 0.2) is 5.84 Å². The van der Waals surface area contributed by atoms with Gasteiger partial charge in [-0.25, -0.2) is 4.98 Å². The van der Waals surface area contributed by atoms with Crippen LogP contribution in [0.15, 0.2) is 11.2 Å².